The number of benzene rings is 2. The number of ether oxygens (including phenoxy) is 3. The van der Waals surface area contributed by atoms with Gasteiger partial charge < -0.3 is 24.8 Å². The molecule has 2 N–H and O–H groups in total. The molecule has 0 saturated heterocycles. The van der Waals surface area contributed by atoms with Crippen molar-refractivity contribution in [3.63, 3.8) is 0 Å². The molecule has 2 amide bonds. The molecule has 0 fully saturated rings. The number of nitrogens with one attached hydrogen (secondary N) is 2. The highest BCUT2D eigenvalue weighted by molar-refractivity contribution is 6.32. The lowest BCUT2D eigenvalue weighted by molar-refractivity contribution is -0.384. The predicted octanol–water partition coefficient (Wildman–Crippen LogP) is 2.12. The van der Waals surface area contributed by atoms with Crippen molar-refractivity contribution in [2.24, 2.45) is 0 Å². The molecule has 0 bridgehead atoms. The van der Waals surface area contributed by atoms with Gasteiger partial charge in [0.15, 0.2) is 6.61 Å². The highest BCUT2D eigenvalue weighted by Crippen LogP contribution is 2.25. The third-order valence-corrected chi connectivity index (χ3v) is 4.31. The molecule has 0 aromatic heterocycles. The second-order valence-electron chi connectivity index (χ2n) is 6.37. The SMILES string of the molecule is CCOc1ccc(OCCNC(=O)COC(=O)CNC(=O)c2ccc(Cl)c([N+](=O)[O-])c2)cc1. The van der Waals surface area contributed by atoms with E-state index in [1.54, 1.807) is 24.3 Å². The van der Waals surface area contributed by atoms with Crippen molar-refractivity contribution in [1.82, 2.24) is 10.6 Å². The maximum absolute atomic E-state index is 12.0. The molecule has 176 valence electrons. The van der Waals surface area contributed by atoms with Crippen LogP contribution in [0.25, 0.3) is 0 Å². The van der Waals surface area contributed by atoms with Gasteiger partial charge >= 0.3 is 5.97 Å². The van der Waals surface area contributed by atoms with Crippen molar-refractivity contribution >= 4 is 35.1 Å². The summed E-state index contributed by atoms with van der Waals surface area (Å²) in [7, 11) is 0. The normalized spacial score (nSPS) is 10.1. The topological polar surface area (TPSA) is 146 Å². The van der Waals surface area contributed by atoms with E-state index in [9.17, 15) is 24.5 Å². The van der Waals surface area contributed by atoms with Gasteiger partial charge in [-0.05, 0) is 43.3 Å². The first-order valence-corrected chi connectivity index (χ1v) is 10.2. The van der Waals surface area contributed by atoms with Crippen LogP contribution in [0.1, 0.15) is 17.3 Å². The van der Waals surface area contributed by atoms with Crippen LogP contribution in [-0.4, -0.2) is 55.6 Å². The molecule has 0 heterocycles. The van der Waals surface area contributed by atoms with Gasteiger partial charge in [0, 0.05) is 11.6 Å². The Morgan fingerprint density at radius 3 is 2.33 bits per heavy atom. The van der Waals surface area contributed by atoms with Crippen LogP contribution in [0.4, 0.5) is 5.69 Å². The number of carbonyl (C=O) groups is 3. The second-order valence-corrected chi connectivity index (χ2v) is 6.78. The van der Waals surface area contributed by atoms with Crippen molar-refractivity contribution < 1.29 is 33.5 Å². The molecule has 0 saturated carbocycles. The zero-order valence-corrected chi connectivity index (χ0v) is 18.4. The summed E-state index contributed by atoms with van der Waals surface area (Å²) < 4.78 is 15.6. The van der Waals surface area contributed by atoms with Crippen molar-refractivity contribution in [3.05, 3.63) is 63.2 Å². The van der Waals surface area contributed by atoms with Crippen LogP contribution in [-0.2, 0) is 14.3 Å². The molecule has 33 heavy (non-hydrogen) atoms. The molecule has 0 atom stereocenters. The second kappa shape index (κ2) is 12.9. The van der Waals surface area contributed by atoms with Gasteiger partial charge in [0.2, 0.25) is 0 Å². The zero-order valence-electron chi connectivity index (χ0n) is 17.7. The Balaban J connectivity index is 1.63. The van der Waals surface area contributed by atoms with Crippen LogP contribution in [0.2, 0.25) is 5.02 Å². The van der Waals surface area contributed by atoms with E-state index in [2.05, 4.69) is 10.6 Å². The minimum atomic E-state index is -0.854. The van der Waals surface area contributed by atoms with Crippen LogP contribution in [0.3, 0.4) is 0 Å². The van der Waals surface area contributed by atoms with Crippen LogP contribution in [0.15, 0.2) is 42.5 Å². The number of carbonyl (C=O) groups excluding carboxylic acids is 3. The fraction of sp³-hybridized carbons (Fsp3) is 0.286. The standard InChI is InChI=1S/C21H22ClN3O8/c1-2-31-15-4-6-16(7-5-15)32-10-9-23-19(26)13-33-20(27)12-24-21(28)14-3-8-17(22)18(11-14)25(29)30/h3-8,11H,2,9-10,12-13H2,1H3,(H,23,26)(H,24,28). The molecule has 12 heteroatoms. The Morgan fingerprint density at radius 2 is 1.70 bits per heavy atom. The van der Waals surface area contributed by atoms with Gasteiger partial charge in [-0.25, -0.2) is 0 Å². The summed E-state index contributed by atoms with van der Waals surface area (Å²) in [6.45, 7) is 1.79. The van der Waals surface area contributed by atoms with Crippen LogP contribution in [0, 0.1) is 10.1 Å². The number of hydrogen-bond acceptors (Lipinski definition) is 8. The summed E-state index contributed by atoms with van der Waals surface area (Å²) >= 11 is 5.69. The molecule has 0 aliphatic heterocycles. The van der Waals surface area contributed by atoms with Gasteiger partial charge in [-0.3, -0.25) is 24.5 Å². The summed E-state index contributed by atoms with van der Waals surface area (Å²) in [5.74, 6) is -0.792. The van der Waals surface area contributed by atoms with E-state index in [0.29, 0.717) is 12.4 Å². The van der Waals surface area contributed by atoms with Gasteiger partial charge in [0.25, 0.3) is 17.5 Å². The molecular weight excluding hydrogens is 458 g/mol. The maximum atomic E-state index is 12.0. The number of rotatable bonds is 12. The minimum absolute atomic E-state index is 0.0517. The molecule has 0 aliphatic rings. The molecule has 11 nitrogen and oxygen atoms in total. The quantitative estimate of drug-likeness (QED) is 0.204. The Hall–Kier alpha value is -3.86. The fourth-order valence-electron chi connectivity index (χ4n) is 2.45. The summed E-state index contributed by atoms with van der Waals surface area (Å²) in [6, 6.07) is 10.5. The van der Waals surface area contributed by atoms with Gasteiger partial charge in [0.05, 0.1) is 18.1 Å². The van der Waals surface area contributed by atoms with E-state index < -0.39 is 41.5 Å². The number of halogens is 1. The van der Waals surface area contributed by atoms with Gasteiger partial charge in [-0.2, -0.15) is 0 Å². The van der Waals surface area contributed by atoms with Crippen LogP contribution < -0.4 is 20.1 Å². The monoisotopic (exact) mass is 479 g/mol. The molecule has 0 spiro atoms. The summed E-state index contributed by atoms with van der Waals surface area (Å²) in [6.07, 6.45) is 0. The first-order valence-electron chi connectivity index (χ1n) is 9.80. The molecule has 0 aliphatic carbocycles. The van der Waals surface area contributed by atoms with Crippen molar-refractivity contribution in [2.45, 2.75) is 6.92 Å². The average molecular weight is 480 g/mol. The number of nitro groups is 1. The highest BCUT2D eigenvalue weighted by Gasteiger charge is 2.17. The third kappa shape index (κ3) is 8.65. The van der Waals surface area contributed by atoms with Crippen molar-refractivity contribution in [2.75, 3.05) is 32.9 Å². The van der Waals surface area contributed by atoms with E-state index in [0.717, 1.165) is 11.8 Å². The first kappa shape index (κ1) is 25.4. The van der Waals surface area contributed by atoms with Crippen LogP contribution in [0.5, 0.6) is 11.5 Å². The maximum Gasteiger partial charge on any atom is 0.325 e. The molecule has 2 rings (SSSR count). The van der Waals surface area contributed by atoms with Crippen LogP contribution >= 0.6 is 11.6 Å². The third-order valence-electron chi connectivity index (χ3n) is 3.99. The number of amides is 2. The average Bonchev–Trinajstić information content (AvgIpc) is 2.80. The summed E-state index contributed by atoms with van der Waals surface area (Å²) in [5.41, 5.74) is -0.487. The molecule has 0 unspecified atom stereocenters. The number of hydrogen-bond donors (Lipinski definition) is 2. The Bertz CT molecular complexity index is 998. The molecule has 2 aromatic rings. The Labute approximate surface area is 194 Å². The van der Waals surface area contributed by atoms with E-state index in [-0.39, 0.29) is 23.7 Å². The van der Waals surface area contributed by atoms with E-state index in [4.69, 9.17) is 25.8 Å². The van der Waals surface area contributed by atoms with Crippen molar-refractivity contribution in [3.8, 4) is 11.5 Å². The smallest absolute Gasteiger partial charge is 0.325 e. The predicted molar refractivity (Wildman–Crippen MR) is 118 cm³/mol. The molecule has 0 radical (unpaired) electrons. The summed E-state index contributed by atoms with van der Waals surface area (Å²) in [4.78, 5) is 45.6. The number of nitro benzene ring substituents is 1. The van der Waals surface area contributed by atoms with Crippen molar-refractivity contribution in [1.29, 1.82) is 0 Å². The number of esters is 1. The van der Waals surface area contributed by atoms with E-state index >= 15 is 0 Å². The zero-order chi connectivity index (χ0) is 24.2. The number of nitrogens with zero attached hydrogens (tertiary/aromatic N) is 1. The lowest BCUT2D eigenvalue weighted by Gasteiger charge is -2.09. The van der Waals surface area contributed by atoms with Gasteiger partial charge in [-0.15, -0.1) is 0 Å². The Kier molecular flexibility index (Phi) is 9.90. The highest BCUT2D eigenvalue weighted by atomic mass is 35.5. The lowest BCUT2D eigenvalue weighted by Crippen LogP contribution is -2.35. The van der Waals surface area contributed by atoms with E-state index in [1.807, 2.05) is 6.92 Å². The van der Waals surface area contributed by atoms with Gasteiger partial charge in [-0.1, -0.05) is 11.6 Å². The Morgan fingerprint density at radius 1 is 1.03 bits per heavy atom. The molecular formula is C21H22ClN3O8. The van der Waals surface area contributed by atoms with E-state index in [1.165, 1.54) is 12.1 Å². The lowest BCUT2D eigenvalue weighted by atomic mass is 10.2. The molecule has 2 aromatic carbocycles. The minimum Gasteiger partial charge on any atom is -0.494 e. The summed E-state index contributed by atoms with van der Waals surface area (Å²) in [5, 5.41) is 15.5. The largest absolute Gasteiger partial charge is 0.494 e. The fourth-order valence-corrected chi connectivity index (χ4v) is 2.64. The first-order chi connectivity index (χ1) is 15.8. The van der Waals surface area contributed by atoms with Gasteiger partial charge in [0.1, 0.15) is 29.7 Å².